The zero-order valence-corrected chi connectivity index (χ0v) is 13.3. The molecule has 0 aliphatic heterocycles. The Labute approximate surface area is 135 Å². The molecule has 0 saturated heterocycles. The van der Waals surface area contributed by atoms with Gasteiger partial charge in [-0.3, -0.25) is 4.79 Å². The highest BCUT2D eigenvalue weighted by molar-refractivity contribution is 9.10. The minimum Gasteiger partial charge on any atom is -0.352 e. The number of hydrogen-bond acceptors (Lipinski definition) is 1. The Morgan fingerprint density at radius 3 is 2.55 bits per heavy atom. The molecule has 1 aliphatic rings. The van der Waals surface area contributed by atoms with Crippen molar-refractivity contribution in [3.05, 3.63) is 69.2 Å². The summed E-state index contributed by atoms with van der Waals surface area (Å²) in [5, 5.41) is 2.64. The first-order valence-corrected chi connectivity index (χ1v) is 7.82. The fraction of sp³-hybridized carbons (Fsp3) is 0.235. The third kappa shape index (κ3) is 3.04. The highest BCUT2D eigenvalue weighted by Gasteiger charge is 2.27. The number of benzene rings is 2. The van der Waals surface area contributed by atoms with Crippen LogP contribution < -0.4 is 5.32 Å². The van der Waals surface area contributed by atoms with E-state index in [0.29, 0.717) is 12.8 Å². The SMILES string of the molecule is O=C(NCc1c(F)cccc1F)C1Cc2ccc(Br)cc2C1. The smallest absolute Gasteiger partial charge is 0.224 e. The molecule has 0 fully saturated rings. The molecule has 0 heterocycles. The van der Waals surface area contributed by atoms with Crippen molar-refractivity contribution in [3.8, 4) is 0 Å². The summed E-state index contributed by atoms with van der Waals surface area (Å²) in [6, 6.07) is 9.65. The van der Waals surface area contributed by atoms with E-state index in [4.69, 9.17) is 0 Å². The Morgan fingerprint density at radius 1 is 1.14 bits per heavy atom. The molecule has 0 bridgehead atoms. The van der Waals surface area contributed by atoms with Crippen molar-refractivity contribution < 1.29 is 13.6 Å². The van der Waals surface area contributed by atoms with Crippen LogP contribution in [0.25, 0.3) is 0 Å². The standard InChI is InChI=1S/C17H14BrF2NO/c18-13-5-4-10-6-12(7-11(10)8-13)17(22)21-9-14-15(19)2-1-3-16(14)20/h1-5,8,12H,6-7,9H2,(H,21,22). The van der Waals surface area contributed by atoms with E-state index >= 15 is 0 Å². The van der Waals surface area contributed by atoms with Gasteiger partial charge in [0.25, 0.3) is 0 Å². The van der Waals surface area contributed by atoms with Gasteiger partial charge < -0.3 is 5.32 Å². The first-order valence-electron chi connectivity index (χ1n) is 7.02. The number of carbonyl (C=O) groups is 1. The van der Waals surface area contributed by atoms with Crippen LogP contribution in [-0.2, 0) is 24.2 Å². The third-order valence-electron chi connectivity index (χ3n) is 3.97. The maximum atomic E-state index is 13.5. The average molecular weight is 366 g/mol. The van der Waals surface area contributed by atoms with Gasteiger partial charge in [-0.2, -0.15) is 0 Å². The third-order valence-corrected chi connectivity index (χ3v) is 4.47. The molecule has 0 saturated carbocycles. The van der Waals surface area contributed by atoms with Gasteiger partial charge in [0.15, 0.2) is 0 Å². The fourth-order valence-corrected chi connectivity index (χ4v) is 3.20. The molecule has 22 heavy (non-hydrogen) atoms. The van der Waals surface area contributed by atoms with Crippen LogP contribution in [0.5, 0.6) is 0 Å². The second kappa shape index (κ2) is 6.16. The van der Waals surface area contributed by atoms with E-state index in [-0.39, 0.29) is 23.9 Å². The monoisotopic (exact) mass is 365 g/mol. The van der Waals surface area contributed by atoms with Crippen LogP contribution >= 0.6 is 15.9 Å². The number of halogens is 3. The number of rotatable bonds is 3. The number of hydrogen-bond donors (Lipinski definition) is 1. The summed E-state index contributed by atoms with van der Waals surface area (Å²) in [5.41, 5.74) is 2.20. The van der Waals surface area contributed by atoms with Crippen molar-refractivity contribution in [3.63, 3.8) is 0 Å². The lowest BCUT2D eigenvalue weighted by molar-refractivity contribution is -0.124. The van der Waals surface area contributed by atoms with Crippen LogP contribution in [0, 0.1) is 17.6 Å². The molecule has 0 radical (unpaired) electrons. The van der Waals surface area contributed by atoms with Gasteiger partial charge in [0.1, 0.15) is 11.6 Å². The quantitative estimate of drug-likeness (QED) is 0.881. The predicted octanol–water partition coefficient (Wildman–Crippen LogP) is 3.76. The van der Waals surface area contributed by atoms with E-state index in [0.717, 1.165) is 15.6 Å². The summed E-state index contributed by atoms with van der Waals surface area (Å²) in [4.78, 5) is 12.2. The van der Waals surface area contributed by atoms with E-state index in [1.54, 1.807) is 0 Å². The van der Waals surface area contributed by atoms with Crippen molar-refractivity contribution in [1.82, 2.24) is 5.32 Å². The van der Waals surface area contributed by atoms with Crippen LogP contribution in [0.15, 0.2) is 40.9 Å². The second-order valence-electron chi connectivity index (χ2n) is 5.44. The molecule has 0 aromatic heterocycles. The van der Waals surface area contributed by atoms with Crippen molar-refractivity contribution in [2.75, 3.05) is 0 Å². The summed E-state index contributed by atoms with van der Waals surface area (Å²) in [5.74, 6) is -1.63. The Hall–Kier alpha value is -1.75. The summed E-state index contributed by atoms with van der Waals surface area (Å²) in [6.45, 7) is -0.131. The molecule has 5 heteroatoms. The lowest BCUT2D eigenvalue weighted by Crippen LogP contribution is -2.31. The molecular formula is C17H14BrF2NO. The van der Waals surface area contributed by atoms with E-state index in [1.807, 2.05) is 18.2 Å². The lowest BCUT2D eigenvalue weighted by Gasteiger charge is -2.11. The molecule has 2 nitrogen and oxygen atoms in total. The van der Waals surface area contributed by atoms with E-state index in [1.165, 1.54) is 18.2 Å². The van der Waals surface area contributed by atoms with Gasteiger partial charge in [-0.15, -0.1) is 0 Å². The number of amides is 1. The minimum absolute atomic E-state index is 0.103. The molecular weight excluding hydrogens is 352 g/mol. The summed E-state index contributed by atoms with van der Waals surface area (Å²) < 4.78 is 28.1. The van der Waals surface area contributed by atoms with Crippen LogP contribution in [0.3, 0.4) is 0 Å². The fourth-order valence-electron chi connectivity index (χ4n) is 2.79. The van der Waals surface area contributed by atoms with E-state index in [9.17, 15) is 13.6 Å². The van der Waals surface area contributed by atoms with Crippen molar-refractivity contribution in [2.24, 2.45) is 5.92 Å². The predicted molar refractivity (Wildman–Crippen MR) is 83.2 cm³/mol. The second-order valence-corrected chi connectivity index (χ2v) is 6.35. The normalized spacial score (nSPS) is 16.4. The molecule has 2 aromatic carbocycles. The summed E-state index contributed by atoms with van der Waals surface area (Å²) in [7, 11) is 0. The van der Waals surface area contributed by atoms with Gasteiger partial charge in [-0.25, -0.2) is 8.78 Å². The Morgan fingerprint density at radius 2 is 1.82 bits per heavy atom. The molecule has 3 rings (SSSR count). The van der Waals surface area contributed by atoms with Crippen molar-refractivity contribution in [2.45, 2.75) is 19.4 Å². The molecule has 1 N–H and O–H groups in total. The zero-order chi connectivity index (χ0) is 15.7. The summed E-state index contributed by atoms with van der Waals surface area (Å²) >= 11 is 3.42. The Kier molecular flexibility index (Phi) is 4.25. The van der Waals surface area contributed by atoms with Crippen LogP contribution in [0.4, 0.5) is 8.78 Å². The molecule has 1 amide bonds. The molecule has 1 aliphatic carbocycles. The molecule has 2 aromatic rings. The van der Waals surface area contributed by atoms with Gasteiger partial charge in [0.05, 0.1) is 0 Å². The Balaban J connectivity index is 1.65. The van der Waals surface area contributed by atoms with Crippen LogP contribution in [-0.4, -0.2) is 5.91 Å². The maximum absolute atomic E-state index is 13.5. The first kappa shape index (κ1) is 15.2. The maximum Gasteiger partial charge on any atom is 0.224 e. The first-order chi connectivity index (χ1) is 10.5. The number of carbonyl (C=O) groups excluding carboxylic acids is 1. The van der Waals surface area contributed by atoms with Gasteiger partial charge in [-0.05, 0) is 48.2 Å². The van der Waals surface area contributed by atoms with Crippen LogP contribution in [0.1, 0.15) is 16.7 Å². The number of fused-ring (bicyclic) bond motifs is 1. The number of nitrogens with one attached hydrogen (secondary N) is 1. The van der Waals surface area contributed by atoms with Crippen molar-refractivity contribution >= 4 is 21.8 Å². The highest BCUT2D eigenvalue weighted by atomic mass is 79.9. The molecule has 1 unspecified atom stereocenters. The van der Waals surface area contributed by atoms with Gasteiger partial charge in [0.2, 0.25) is 5.91 Å². The van der Waals surface area contributed by atoms with Gasteiger partial charge >= 0.3 is 0 Å². The Bertz CT molecular complexity index is 712. The molecule has 0 spiro atoms. The summed E-state index contributed by atoms with van der Waals surface area (Å²) in [6.07, 6.45) is 1.31. The zero-order valence-electron chi connectivity index (χ0n) is 11.7. The van der Waals surface area contributed by atoms with Crippen LogP contribution in [0.2, 0.25) is 0 Å². The van der Waals surface area contributed by atoms with Crippen molar-refractivity contribution in [1.29, 1.82) is 0 Å². The largest absolute Gasteiger partial charge is 0.352 e. The van der Waals surface area contributed by atoms with Gasteiger partial charge in [0, 0.05) is 22.5 Å². The van der Waals surface area contributed by atoms with Gasteiger partial charge in [-0.1, -0.05) is 28.1 Å². The average Bonchev–Trinajstić information content (AvgIpc) is 2.89. The van der Waals surface area contributed by atoms with E-state index in [2.05, 4.69) is 21.2 Å². The minimum atomic E-state index is -0.640. The molecule has 114 valence electrons. The lowest BCUT2D eigenvalue weighted by atomic mass is 10.1. The molecule has 1 atom stereocenters. The highest BCUT2D eigenvalue weighted by Crippen LogP contribution is 2.29. The topological polar surface area (TPSA) is 29.1 Å². The van der Waals surface area contributed by atoms with E-state index < -0.39 is 11.6 Å².